The highest BCUT2D eigenvalue weighted by molar-refractivity contribution is 14.1. The molecule has 0 aliphatic carbocycles. The Balaban J connectivity index is 1.60. The summed E-state index contributed by atoms with van der Waals surface area (Å²) < 4.78 is 18.1. The molecule has 0 aromatic heterocycles. The van der Waals surface area contributed by atoms with Crippen LogP contribution in [0, 0.1) is 0 Å². The number of azide groups is 1. The standard InChI is InChI=1S/C20H22IN3O3/c21-17-11-18(26-13-16-9-5-2-6-10-16)19(27-20(17)23-24-22)14-25-12-15-7-3-1-4-8-15/h1-10,17-20H,11-14H2. The molecule has 0 bridgehead atoms. The van der Waals surface area contributed by atoms with Crippen LogP contribution in [0.4, 0.5) is 0 Å². The van der Waals surface area contributed by atoms with Crippen LogP contribution >= 0.6 is 22.6 Å². The zero-order valence-corrected chi connectivity index (χ0v) is 17.0. The van der Waals surface area contributed by atoms with Crippen molar-refractivity contribution in [2.45, 2.75) is 42.0 Å². The molecule has 2 aromatic rings. The van der Waals surface area contributed by atoms with E-state index in [2.05, 4.69) is 32.6 Å². The summed E-state index contributed by atoms with van der Waals surface area (Å²) in [7, 11) is 0. The van der Waals surface area contributed by atoms with Crippen molar-refractivity contribution in [1.82, 2.24) is 0 Å². The van der Waals surface area contributed by atoms with Gasteiger partial charge in [-0.3, -0.25) is 0 Å². The molecule has 0 radical (unpaired) electrons. The fourth-order valence-electron chi connectivity index (χ4n) is 2.96. The Hall–Kier alpha value is -1.64. The summed E-state index contributed by atoms with van der Waals surface area (Å²) in [4.78, 5) is 2.90. The van der Waals surface area contributed by atoms with Crippen molar-refractivity contribution in [3.8, 4) is 0 Å². The molecule has 4 unspecified atom stereocenters. The molecule has 0 N–H and O–H groups in total. The van der Waals surface area contributed by atoms with Crippen molar-refractivity contribution in [3.05, 3.63) is 82.2 Å². The number of hydrogen-bond acceptors (Lipinski definition) is 4. The third kappa shape index (κ3) is 6.19. The number of rotatable bonds is 8. The quantitative estimate of drug-likeness (QED) is 0.176. The van der Waals surface area contributed by atoms with Crippen LogP contribution in [0.15, 0.2) is 65.8 Å². The van der Waals surface area contributed by atoms with Gasteiger partial charge in [0.1, 0.15) is 12.3 Å². The fraction of sp³-hybridized carbons (Fsp3) is 0.400. The lowest BCUT2D eigenvalue weighted by atomic mass is 10.0. The van der Waals surface area contributed by atoms with Gasteiger partial charge < -0.3 is 14.2 Å². The predicted molar refractivity (Wildman–Crippen MR) is 111 cm³/mol. The average Bonchev–Trinajstić information content (AvgIpc) is 2.71. The topological polar surface area (TPSA) is 76.5 Å². The van der Waals surface area contributed by atoms with E-state index >= 15 is 0 Å². The van der Waals surface area contributed by atoms with E-state index in [4.69, 9.17) is 19.7 Å². The maximum atomic E-state index is 8.78. The zero-order chi connectivity index (χ0) is 18.9. The van der Waals surface area contributed by atoms with E-state index in [1.54, 1.807) is 0 Å². The van der Waals surface area contributed by atoms with Gasteiger partial charge in [-0.1, -0.05) is 88.4 Å². The minimum atomic E-state index is -0.502. The van der Waals surface area contributed by atoms with E-state index in [9.17, 15) is 0 Å². The van der Waals surface area contributed by atoms with E-state index in [-0.39, 0.29) is 16.1 Å². The molecule has 0 spiro atoms. The lowest BCUT2D eigenvalue weighted by Crippen LogP contribution is -2.47. The van der Waals surface area contributed by atoms with E-state index in [0.717, 1.165) is 17.5 Å². The summed E-state index contributed by atoms with van der Waals surface area (Å²) in [5.41, 5.74) is 11.0. The Morgan fingerprint density at radius 3 is 2.30 bits per heavy atom. The molecule has 142 valence electrons. The molecular weight excluding hydrogens is 457 g/mol. The molecule has 7 heteroatoms. The summed E-state index contributed by atoms with van der Waals surface area (Å²) in [6, 6.07) is 20.0. The van der Waals surface area contributed by atoms with Gasteiger partial charge in [-0.15, -0.1) is 0 Å². The van der Waals surface area contributed by atoms with Gasteiger partial charge in [0.15, 0.2) is 0 Å². The summed E-state index contributed by atoms with van der Waals surface area (Å²) in [6.45, 7) is 1.40. The highest BCUT2D eigenvalue weighted by Gasteiger charge is 2.37. The number of alkyl halides is 1. The second kappa shape index (κ2) is 10.6. The second-order valence-electron chi connectivity index (χ2n) is 6.36. The highest BCUT2D eigenvalue weighted by atomic mass is 127. The van der Waals surface area contributed by atoms with Gasteiger partial charge in [-0.05, 0) is 23.1 Å². The number of halogens is 1. The molecule has 0 amide bonds. The molecule has 1 saturated heterocycles. The summed E-state index contributed by atoms with van der Waals surface area (Å²) in [5, 5.41) is 3.77. The van der Waals surface area contributed by atoms with Gasteiger partial charge in [-0.25, -0.2) is 0 Å². The first-order valence-corrected chi connectivity index (χ1v) is 10.1. The van der Waals surface area contributed by atoms with Crippen molar-refractivity contribution in [2.24, 2.45) is 5.11 Å². The molecule has 27 heavy (non-hydrogen) atoms. The van der Waals surface area contributed by atoms with E-state index < -0.39 is 6.23 Å². The highest BCUT2D eigenvalue weighted by Crippen LogP contribution is 2.30. The van der Waals surface area contributed by atoms with Crippen LogP contribution in [0.3, 0.4) is 0 Å². The summed E-state index contributed by atoms with van der Waals surface area (Å²) in [5.74, 6) is 0. The minimum Gasteiger partial charge on any atom is -0.374 e. The van der Waals surface area contributed by atoms with Crippen LogP contribution < -0.4 is 0 Å². The smallest absolute Gasteiger partial charge is 0.148 e. The first-order chi connectivity index (χ1) is 13.3. The van der Waals surface area contributed by atoms with Gasteiger partial charge in [0, 0.05) is 8.84 Å². The fourth-order valence-corrected chi connectivity index (χ4v) is 3.77. The van der Waals surface area contributed by atoms with Gasteiger partial charge in [0.25, 0.3) is 0 Å². The van der Waals surface area contributed by atoms with Gasteiger partial charge in [-0.2, -0.15) is 0 Å². The Bertz CT molecular complexity index is 741. The van der Waals surface area contributed by atoms with Gasteiger partial charge in [0.05, 0.1) is 25.9 Å². The largest absolute Gasteiger partial charge is 0.374 e. The number of nitrogens with zero attached hydrogens (tertiary/aromatic N) is 3. The molecule has 1 aliphatic heterocycles. The number of ether oxygens (including phenoxy) is 3. The molecule has 1 heterocycles. The second-order valence-corrected chi connectivity index (χ2v) is 7.96. The third-order valence-electron chi connectivity index (χ3n) is 4.36. The molecule has 0 saturated carbocycles. The van der Waals surface area contributed by atoms with Crippen molar-refractivity contribution in [2.75, 3.05) is 6.61 Å². The number of hydrogen-bond donors (Lipinski definition) is 0. The monoisotopic (exact) mass is 479 g/mol. The van der Waals surface area contributed by atoms with E-state index in [1.807, 2.05) is 60.7 Å². The van der Waals surface area contributed by atoms with Gasteiger partial charge >= 0.3 is 0 Å². The maximum absolute atomic E-state index is 8.78. The maximum Gasteiger partial charge on any atom is 0.148 e. The van der Waals surface area contributed by atoms with Crippen molar-refractivity contribution < 1.29 is 14.2 Å². The zero-order valence-electron chi connectivity index (χ0n) is 14.9. The van der Waals surface area contributed by atoms with Crippen LogP contribution in [-0.2, 0) is 27.4 Å². The predicted octanol–water partition coefficient (Wildman–Crippen LogP) is 5.02. The molecule has 6 nitrogen and oxygen atoms in total. The lowest BCUT2D eigenvalue weighted by molar-refractivity contribution is -0.159. The minimum absolute atomic E-state index is 0.0599. The van der Waals surface area contributed by atoms with Gasteiger partial charge in [0.2, 0.25) is 0 Å². The van der Waals surface area contributed by atoms with E-state index in [0.29, 0.717) is 19.8 Å². The Morgan fingerprint density at radius 2 is 1.67 bits per heavy atom. The Morgan fingerprint density at radius 1 is 1.04 bits per heavy atom. The van der Waals surface area contributed by atoms with Crippen LogP contribution in [-0.4, -0.2) is 29.0 Å². The Labute approximate surface area is 172 Å². The molecule has 1 aliphatic rings. The average molecular weight is 479 g/mol. The first-order valence-electron chi connectivity index (χ1n) is 8.87. The normalized spacial score (nSPS) is 24.9. The summed E-state index contributed by atoms with van der Waals surface area (Å²) >= 11 is 2.26. The van der Waals surface area contributed by atoms with E-state index in [1.165, 1.54) is 0 Å². The third-order valence-corrected chi connectivity index (χ3v) is 5.49. The molecule has 3 rings (SSSR count). The number of benzene rings is 2. The molecule has 1 fully saturated rings. The first kappa shape index (κ1) is 20.1. The van der Waals surface area contributed by atoms with Crippen LogP contribution in [0.25, 0.3) is 10.4 Å². The van der Waals surface area contributed by atoms with Crippen molar-refractivity contribution in [3.63, 3.8) is 0 Å². The van der Waals surface area contributed by atoms with Crippen molar-refractivity contribution in [1.29, 1.82) is 0 Å². The molecular formula is C20H22IN3O3. The van der Waals surface area contributed by atoms with Crippen LogP contribution in [0.2, 0.25) is 0 Å². The Kier molecular flexibility index (Phi) is 7.92. The molecule has 4 atom stereocenters. The van der Waals surface area contributed by atoms with Crippen molar-refractivity contribution >= 4 is 22.6 Å². The molecule has 2 aromatic carbocycles. The lowest BCUT2D eigenvalue weighted by Gasteiger charge is -2.37. The summed E-state index contributed by atoms with van der Waals surface area (Å²) in [6.07, 6.45) is -0.152. The SMILES string of the molecule is [N-]=[N+]=NC1OC(COCc2ccccc2)C(OCc2ccccc2)CC1I. The van der Waals surface area contributed by atoms with Crippen LogP contribution in [0.1, 0.15) is 17.5 Å². The van der Waals surface area contributed by atoms with Crippen LogP contribution in [0.5, 0.6) is 0 Å².